The minimum atomic E-state index is -0.516. The largest absolute Gasteiger partial charge is 0.324 e. The van der Waals surface area contributed by atoms with E-state index in [-0.39, 0.29) is 0 Å². The number of hydrogen-bond acceptors (Lipinski definition) is 4. The molecule has 0 unspecified atom stereocenters. The average molecular weight is 350 g/mol. The van der Waals surface area contributed by atoms with Gasteiger partial charge in [0.1, 0.15) is 18.3 Å². The molecule has 0 saturated heterocycles. The van der Waals surface area contributed by atoms with E-state index in [2.05, 4.69) is 26.9 Å². The molecule has 0 spiro atoms. The second kappa shape index (κ2) is 6.67. The summed E-state index contributed by atoms with van der Waals surface area (Å²) >= 11 is 0. The van der Waals surface area contributed by atoms with Gasteiger partial charge in [0.15, 0.2) is 5.82 Å². The number of aryl methyl sites for hydroxylation is 2. The third kappa shape index (κ3) is 2.85. The van der Waals surface area contributed by atoms with Crippen LogP contribution in [-0.4, -0.2) is 28.9 Å². The zero-order valence-corrected chi connectivity index (χ0v) is 14.7. The van der Waals surface area contributed by atoms with E-state index in [1.165, 1.54) is 11.6 Å². The Balaban J connectivity index is 1.78. The van der Waals surface area contributed by atoms with Crippen LogP contribution in [0.5, 0.6) is 0 Å². The highest BCUT2D eigenvalue weighted by atomic mass is 19.1. The second-order valence-electron chi connectivity index (χ2n) is 6.23. The van der Waals surface area contributed by atoms with Crippen LogP contribution in [0, 0.1) is 12.9 Å². The van der Waals surface area contributed by atoms with Gasteiger partial charge in [0.25, 0.3) is 0 Å². The Morgan fingerprint density at radius 3 is 2.77 bits per heavy atom. The molecule has 0 fully saturated rings. The fraction of sp³-hybridized carbons (Fsp3) is 0.263. The smallest absolute Gasteiger partial charge is 0.213 e. The molecule has 0 bridgehead atoms. The Hall–Kier alpha value is -3.09. The summed E-state index contributed by atoms with van der Waals surface area (Å²) in [5.41, 5.74) is 4.78. The monoisotopic (exact) mass is 350 g/mol. The number of halogens is 1. The van der Waals surface area contributed by atoms with Crippen molar-refractivity contribution in [1.82, 2.24) is 28.9 Å². The van der Waals surface area contributed by atoms with Crippen LogP contribution >= 0.6 is 0 Å². The van der Waals surface area contributed by atoms with Gasteiger partial charge >= 0.3 is 0 Å². The van der Waals surface area contributed by atoms with E-state index in [0.29, 0.717) is 18.1 Å². The standard InChI is InChI=1S/C19H19FN6/c1-3-5-14-16(23-12-26-11-22-13(2)18(14)26)10-25-9-8-21-19(25)15-6-4-7-17(20)24-15/h4,6-9,11-12H,3,5,10H2,1-2H3. The molecule has 7 heteroatoms. The van der Waals surface area contributed by atoms with Crippen LogP contribution in [0.1, 0.15) is 30.3 Å². The van der Waals surface area contributed by atoms with Crippen LogP contribution < -0.4 is 0 Å². The topological polar surface area (TPSA) is 60.9 Å². The van der Waals surface area contributed by atoms with Crippen molar-refractivity contribution < 1.29 is 4.39 Å². The molecule has 132 valence electrons. The molecule has 0 aromatic carbocycles. The van der Waals surface area contributed by atoms with E-state index in [0.717, 1.165) is 29.7 Å². The third-order valence-corrected chi connectivity index (χ3v) is 4.43. The quantitative estimate of drug-likeness (QED) is 0.517. The third-order valence-electron chi connectivity index (χ3n) is 4.43. The molecule has 4 heterocycles. The molecular weight excluding hydrogens is 331 g/mol. The van der Waals surface area contributed by atoms with Crippen molar-refractivity contribution in [2.45, 2.75) is 33.2 Å². The Morgan fingerprint density at radius 1 is 1.12 bits per heavy atom. The minimum absolute atomic E-state index is 0.508. The second-order valence-corrected chi connectivity index (χ2v) is 6.23. The van der Waals surface area contributed by atoms with E-state index >= 15 is 0 Å². The first-order valence-electron chi connectivity index (χ1n) is 8.61. The van der Waals surface area contributed by atoms with Gasteiger partial charge in [-0.3, -0.25) is 4.40 Å². The molecule has 6 nitrogen and oxygen atoms in total. The molecule has 0 atom stereocenters. The molecule has 0 radical (unpaired) electrons. The Kier molecular flexibility index (Phi) is 4.20. The molecule has 0 amide bonds. The lowest BCUT2D eigenvalue weighted by atomic mass is 10.1. The highest BCUT2D eigenvalue weighted by molar-refractivity contribution is 5.60. The van der Waals surface area contributed by atoms with Crippen LogP contribution in [0.25, 0.3) is 17.0 Å². The average Bonchev–Trinajstić information content (AvgIpc) is 3.24. The van der Waals surface area contributed by atoms with Crippen molar-refractivity contribution >= 4 is 5.52 Å². The van der Waals surface area contributed by atoms with Gasteiger partial charge in [0, 0.05) is 18.0 Å². The van der Waals surface area contributed by atoms with Gasteiger partial charge in [-0.2, -0.15) is 4.39 Å². The molecular formula is C19H19FN6. The van der Waals surface area contributed by atoms with Gasteiger partial charge in [0.2, 0.25) is 5.95 Å². The lowest BCUT2D eigenvalue weighted by Gasteiger charge is -2.13. The van der Waals surface area contributed by atoms with Crippen molar-refractivity contribution in [3.05, 3.63) is 66.1 Å². The van der Waals surface area contributed by atoms with Crippen molar-refractivity contribution in [1.29, 1.82) is 0 Å². The fourth-order valence-electron chi connectivity index (χ4n) is 3.28. The first-order valence-corrected chi connectivity index (χ1v) is 8.61. The Labute approximate surface area is 150 Å². The highest BCUT2D eigenvalue weighted by Gasteiger charge is 2.15. The van der Waals surface area contributed by atoms with Crippen LogP contribution in [0.3, 0.4) is 0 Å². The maximum Gasteiger partial charge on any atom is 0.213 e. The highest BCUT2D eigenvalue weighted by Crippen LogP contribution is 2.22. The number of rotatable bonds is 5. The van der Waals surface area contributed by atoms with Crippen molar-refractivity contribution in [3.63, 3.8) is 0 Å². The van der Waals surface area contributed by atoms with E-state index in [1.54, 1.807) is 31.0 Å². The van der Waals surface area contributed by atoms with Gasteiger partial charge in [-0.05, 0) is 25.5 Å². The molecule has 0 N–H and O–H groups in total. The number of aromatic nitrogens is 6. The summed E-state index contributed by atoms with van der Waals surface area (Å²) in [4.78, 5) is 17.4. The molecule has 0 aliphatic rings. The van der Waals surface area contributed by atoms with Gasteiger partial charge < -0.3 is 4.57 Å². The molecule has 0 aliphatic carbocycles. The summed E-state index contributed by atoms with van der Waals surface area (Å²) in [6.07, 6.45) is 9.08. The van der Waals surface area contributed by atoms with E-state index in [4.69, 9.17) is 0 Å². The zero-order valence-electron chi connectivity index (χ0n) is 14.7. The number of hydrogen-bond donors (Lipinski definition) is 0. The summed E-state index contributed by atoms with van der Waals surface area (Å²) in [7, 11) is 0. The number of nitrogens with zero attached hydrogens (tertiary/aromatic N) is 6. The first kappa shape index (κ1) is 16.4. The van der Waals surface area contributed by atoms with E-state index in [1.807, 2.05) is 22.1 Å². The predicted octanol–water partition coefficient (Wildman–Crippen LogP) is 3.44. The predicted molar refractivity (Wildman–Crippen MR) is 96.2 cm³/mol. The van der Waals surface area contributed by atoms with Crippen LogP contribution in [0.15, 0.2) is 43.2 Å². The van der Waals surface area contributed by atoms with Gasteiger partial charge in [0.05, 0.1) is 23.4 Å². The van der Waals surface area contributed by atoms with Crippen LogP contribution in [0.2, 0.25) is 0 Å². The van der Waals surface area contributed by atoms with Crippen molar-refractivity contribution in [2.75, 3.05) is 0 Å². The van der Waals surface area contributed by atoms with Crippen molar-refractivity contribution in [3.8, 4) is 11.5 Å². The Morgan fingerprint density at radius 2 is 1.96 bits per heavy atom. The summed E-state index contributed by atoms with van der Waals surface area (Å²) in [5.74, 6) is 0.108. The maximum absolute atomic E-state index is 13.5. The summed E-state index contributed by atoms with van der Waals surface area (Å²) in [6, 6.07) is 4.72. The van der Waals surface area contributed by atoms with Gasteiger partial charge in [-0.25, -0.2) is 19.9 Å². The van der Waals surface area contributed by atoms with Crippen molar-refractivity contribution in [2.24, 2.45) is 0 Å². The number of fused-ring (bicyclic) bond motifs is 1. The summed E-state index contributed by atoms with van der Waals surface area (Å²) in [5, 5.41) is 0. The molecule has 4 rings (SSSR count). The van der Waals surface area contributed by atoms with Gasteiger partial charge in [-0.1, -0.05) is 19.4 Å². The zero-order chi connectivity index (χ0) is 18.1. The lowest BCUT2D eigenvalue weighted by Crippen LogP contribution is -2.09. The first-order chi connectivity index (χ1) is 12.7. The normalized spacial score (nSPS) is 11.3. The lowest BCUT2D eigenvalue weighted by molar-refractivity contribution is 0.584. The molecule has 4 aromatic heterocycles. The van der Waals surface area contributed by atoms with E-state index < -0.39 is 5.95 Å². The molecule has 26 heavy (non-hydrogen) atoms. The number of pyridine rings is 1. The molecule has 0 saturated carbocycles. The fourth-order valence-corrected chi connectivity index (χ4v) is 3.28. The summed E-state index contributed by atoms with van der Waals surface area (Å²) in [6.45, 7) is 4.71. The minimum Gasteiger partial charge on any atom is -0.324 e. The summed E-state index contributed by atoms with van der Waals surface area (Å²) < 4.78 is 17.4. The van der Waals surface area contributed by atoms with Crippen LogP contribution in [-0.2, 0) is 13.0 Å². The maximum atomic E-state index is 13.5. The Bertz CT molecular complexity index is 1070. The SMILES string of the molecule is CCCc1c(Cn2ccnc2-c2cccc(F)n2)ncn2cnc(C)c12. The number of imidazole rings is 2. The van der Waals surface area contributed by atoms with Gasteiger partial charge in [-0.15, -0.1) is 0 Å². The van der Waals surface area contributed by atoms with Crippen LogP contribution in [0.4, 0.5) is 4.39 Å². The molecule has 0 aliphatic heterocycles. The molecule has 4 aromatic rings. The van der Waals surface area contributed by atoms with E-state index in [9.17, 15) is 4.39 Å².